The minimum absolute atomic E-state index is 0.478. The molecule has 158 valence electrons. The van der Waals surface area contributed by atoms with E-state index < -0.39 is 5.95 Å². The molecule has 0 fully saturated rings. The van der Waals surface area contributed by atoms with Crippen molar-refractivity contribution in [2.45, 2.75) is 52.4 Å². The molecule has 0 radical (unpaired) electrons. The molecule has 0 bridgehead atoms. The first-order chi connectivity index (χ1) is 14.4. The lowest BCUT2D eigenvalue weighted by atomic mass is 9.97. The van der Waals surface area contributed by atoms with Gasteiger partial charge in [-0.1, -0.05) is 38.3 Å². The van der Waals surface area contributed by atoms with E-state index in [1.165, 1.54) is 37.9 Å². The summed E-state index contributed by atoms with van der Waals surface area (Å²) in [6.07, 6.45) is 8.10. The van der Waals surface area contributed by atoms with Crippen molar-refractivity contribution in [3.8, 4) is 17.2 Å². The second kappa shape index (κ2) is 11.4. The predicted octanol–water partition coefficient (Wildman–Crippen LogP) is 6.22. The first-order valence-corrected chi connectivity index (χ1v) is 10.4. The van der Waals surface area contributed by atoms with E-state index in [9.17, 15) is 4.39 Å². The van der Waals surface area contributed by atoms with Crippen LogP contribution in [0.3, 0.4) is 0 Å². The fourth-order valence-electron chi connectivity index (χ4n) is 3.39. The van der Waals surface area contributed by atoms with E-state index in [4.69, 9.17) is 16.9 Å². The lowest BCUT2D eigenvalue weighted by molar-refractivity contribution is 0.517. The SMILES string of the molecule is CCCC(CCC)c1nncn1C.Cc1c(C#N)cc(Cl)cc1-c1ccc(F)nc1. The van der Waals surface area contributed by atoms with Gasteiger partial charge in [0.05, 0.1) is 11.6 Å². The summed E-state index contributed by atoms with van der Waals surface area (Å²) in [7, 11) is 2.02. The van der Waals surface area contributed by atoms with Crippen LogP contribution in [0.15, 0.2) is 36.8 Å². The van der Waals surface area contributed by atoms with Crippen LogP contribution in [0.5, 0.6) is 0 Å². The zero-order chi connectivity index (χ0) is 22.1. The molecule has 0 unspecified atom stereocenters. The van der Waals surface area contributed by atoms with Crippen LogP contribution < -0.4 is 0 Å². The molecule has 7 heteroatoms. The van der Waals surface area contributed by atoms with Gasteiger partial charge in [0.15, 0.2) is 0 Å². The lowest BCUT2D eigenvalue weighted by Crippen LogP contribution is -2.05. The molecule has 0 spiro atoms. The third kappa shape index (κ3) is 6.11. The molecule has 0 aliphatic rings. The molecule has 0 N–H and O–H groups in total. The largest absolute Gasteiger partial charge is 0.320 e. The fourth-order valence-corrected chi connectivity index (χ4v) is 3.61. The number of pyridine rings is 1. The highest BCUT2D eigenvalue weighted by Crippen LogP contribution is 2.29. The average Bonchev–Trinajstić information content (AvgIpc) is 3.16. The van der Waals surface area contributed by atoms with Gasteiger partial charge < -0.3 is 4.57 Å². The highest BCUT2D eigenvalue weighted by Gasteiger charge is 2.14. The molecule has 0 saturated heterocycles. The van der Waals surface area contributed by atoms with Crippen LogP contribution in [0.2, 0.25) is 5.02 Å². The maximum Gasteiger partial charge on any atom is 0.212 e. The summed E-state index contributed by atoms with van der Waals surface area (Å²) in [6.45, 7) is 6.27. The molecule has 0 aliphatic carbocycles. The minimum Gasteiger partial charge on any atom is -0.320 e. The Morgan fingerprint density at radius 3 is 2.40 bits per heavy atom. The Balaban J connectivity index is 0.000000222. The quantitative estimate of drug-likeness (QED) is 0.438. The lowest BCUT2D eigenvalue weighted by Gasteiger charge is -2.13. The van der Waals surface area contributed by atoms with Gasteiger partial charge in [-0.15, -0.1) is 10.2 Å². The first kappa shape index (κ1) is 23.5. The Hall–Kier alpha value is -2.78. The summed E-state index contributed by atoms with van der Waals surface area (Å²) in [5.41, 5.74) is 2.85. The Morgan fingerprint density at radius 2 is 1.90 bits per heavy atom. The second-order valence-corrected chi connectivity index (χ2v) is 7.62. The number of rotatable bonds is 6. The molecular formula is C23H27ClFN5. The number of hydrogen-bond donors (Lipinski definition) is 0. The van der Waals surface area contributed by atoms with Crippen LogP contribution in [-0.2, 0) is 7.05 Å². The van der Waals surface area contributed by atoms with Crippen molar-refractivity contribution in [1.29, 1.82) is 5.26 Å². The molecule has 30 heavy (non-hydrogen) atoms. The molecule has 3 rings (SSSR count). The number of benzene rings is 1. The van der Waals surface area contributed by atoms with Crippen molar-refractivity contribution < 1.29 is 4.39 Å². The van der Waals surface area contributed by atoms with Gasteiger partial charge in [0.25, 0.3) is 0 Å². The number of halogens is 2. The summed E-state index contributed by atoms with van der Waals surface area (Å²) in [6, 6.07) is 8.32. The number of nitrogens with zero attached hydrogens (tertiary/aromatic N) is 5. The zero-order valence-electron chi connectivity index (χ0n) is 17.9. The van der Waals surface area contributed by atoms with Crippen LogP contribution in [0, 0.1) is 24.2 Å². The van der Waals surface area contributed by atoms with E-state index in [0.717, 1.165) is 22.5 Å². The predicted molar refractivity (Wildman–Crippen MR) is 118 cm³/mol. The molecule has 3 aromatic rings. The van der Waals surface area contributed by atoms with E-state index in [1.807, 2.05) is 18.5 Å². The highest BCUT2D eigenvalue weighted by atomic mass is 35.5. The van der Waals surface area contributed by atoms with E-state index in [1.54, 1.807) is 24.5 Å². The normalized spacial score (nSPS) is 10.5. The van der Waals surface area contributed by atoms with Gasteiger partial charge in [0, 0.05) is 29.7 Å². The molecule has 0 saturated carbocycles. The van der Waals surface area contributed by atoms with Gasteiger partial charge >= 0.3 is 0 Å². The summed E-state index contributed by atoms with van der Waals surface area (Å²) >= 11 is 5.94. The zero-order valence-corrected chi connectivity index (χ0v) is 18.6. The topological polar surface area (TPSA) is 67.4 Å². The molecule has 0 atom stereocenters. The maximum atomic E-state index is 12.7. The summed E-state index contributed by atoms with van der Waals surface area (Å²) in [5.74, 6) is 1.21. The van der Waals surface area contributed by atoms with Crippen LogP contribution in [0.1, 0.15) is 62.4 Å². The van der Waals surface area contributed by atoms with Crippen LogP contribution in [0.25, 0.3) is 11.1 Å². The number of nitriles is 1. The van der Waals surface area contributed by atoms with E-state index in [-0.39, 0.29) is 0 Å². The Kier molecular flexibility index (Phi) is 8.94. The average molecular weight is 428 g/mol. The third-order valence-corrected chi connectivity index (χ3v) is 5.14. The molecular weight excluding hydrogens is 401 g/mol. The van der Waals surface area contributed by atoms with Crippen molar-refractivity contribution in [2.24, 2.45) is 7.05 Å². The van der Waals surface area contributed by atoms with Gasteiger partial charge in [-0.3, -0.25) is 0 Å². The Bertz CT molecular complexity index is 986. The Morgan fingerprint density at radius 1 is 1.20 bits per heavy atom. The van der Waals surface area contributed by atoms with Gasteiger partial charge in [-0.2, -0.15) is 9.65 Å². The second-order valence-electron chi connectivity index (χ2n) is 7.18. The van der Waals surface area contributed by atoms with Crippen LogP contribution >= 0.6 is 11.6 Å². The van der Waals surface area contributed by atoms with Crippen LogP contribution in [-0.4, -0.2) is 19.7 Å². The Labute approximate surface area is 182 Å². The van der Waals surface area contributed by atoms with E-state index in [2.05, 4.69) is 35.1 Å². The van der Waals surface area contributed by atoms with Gasteiger partial charge in [-0.25, -0.2) is 4.98 Å². The van der Waals surface area contributed by atoms with Crippen molar-refractivity contribution in [2.75, 3.05) is 0 Å². The molecule has 5 nitrogen and oxygen atoms in total. The standard InChI is InChI=1S/C13H8ClFN2.C10H19N3/c1-8-10(6-16)4-11(14)5-12(8)9-2-3-13(15)17-7-9;1-4-6-9(7-5-2)10-12-11-8-13(10)3/h2-5,7H,1H3;8-9H,4-7H2,1-3H3. The third-order valence-electron chi connectivity index (χ3n) is 4.92. The van der Waals surface area contributed by atoms with Crippen molar-refractivity contribution in [3.05, 3.63) is 64.7 Å². The van der Waals surface area contributed by atoms with E-state index in [0.29, 0.717) is 16.5 Å². The minimum atomic E-state index is -0.533. The molecule has 1 aromatic carbocycles. The fraction of sp³-hybridized carbons (Fsp3) is 0.391. The summed E-state index contributed by atoms with van der Waals surface area (Å²) in [4.78, 5) is 3.59. The number of hydrogen-bond acceptors (Lipinski definition) is 4. The van der Waals surface area contributed by atoms with Gasteiger partial charge in [0.2, 0.25) is 5.95 Å². The molecule has 0 amide bonds. The molecule has 0 aliphatic heterocycles. The van der Waals surface area contributed by atoms with Gasteiger partial charge in [-0.05, 0) is 55.2 Å². The number of aromatic nitrogens is 4. The smallest absolute Gasteiger partial charge is 0.212 e. The van der Waals surface area contributed by atoms with Crippen molar-refractivity contribution in [1.82, 2.24) is 19.7 Å². The monoisotopic (exact) mass is 427 g/mol. The van der Waals surface area contributed by atoms with Crippen LogP contribution in [0.4, 0.5) is 4.39 Å². The first-order valence-electron chi connectivity index (χ1n) is 10.1. The van der Waals surface area contributed by atoms with Crippen molar-refractivity contribution in [3.63, 3.8) is 0 Å². The highest BCUT2D eigenvalue weighted by molar-refractivity contribution is 6.31. The van der Waals surface area contributed by atoms with Crippen molar-refractivity contribution >= 4 is 11.6 Å². The summed E-state index contributed by atoms with van der Waals surface area (Å²) < 4.78 is 14.8. The summed E-state index contributed by atoms with van der Waals surface area (Å²) in [5, 5.41) is 17.5. The molecule has 2 heterocycles. The van der Waals surface area contributed by atoms with E-state index >= 15 is 0 Å². The maximum absolute atomic E-state index is 12.7. The molecule has 2 aromatic heterocycles. The number of aryl methyl sites for hydroxylation is 1. The van der Waals surface area contributed by atoms with Gasteiger partial charge in [0.1, 0.15) is 12.2 Å².